The summed E-state index contributed by atoms with van der Waals surface area (Å²) in [5.41, 5.74) is -1.01. The van der Waals surface area contributed by atoms with Crippen molar-refractivity contribution in [1.29, 1.82) is 0 Å². The molecule has 11 heteroatoms. The maximum atomic E-state index is 13.5. The molecule has 0 bridgehead atoms. The lowest BCUT2D eigenvalue weighted by Gasteiger charge is -2.15. The van der Waals surface area contributed by atoms with Crippen LogP contribution in [0.4, 0.5) is 26.3 Å². The zero-order chi connectivity index (χ0) is 26.1. The summed E-state index contributed by atoms with van der Waals surface area (Å²) in [4.78, 5) is 16.8. The predicted molar refractivity (Wildman–Crippen MR) is 122 cm³/mol. The molecule has 4 aromatic rings. The molecule has 1 heterocycles. The second-order valence-electron chi connectivity index (χ2n) is 7.73. The fraction of sp³-hybridized carbons (Fsp3) is 0.120. The van der Waals surface area contributed by atoms with Crippen LogP contribution >= 0.6 is 11.6 Å². The van der Waals surface area contributed by atoms with Gasteiger partial charge in [0.05, 0.1) is 23.7 Å². The molecule has 0 aliphatic carbocycles. The summed E-state index contributed by atoms with van der Waals surface area (Å²) >= 11 is 5.99. The number of carbonyl (C=O) groups excluding carboxylic acids is 1. The molecular formula is C25H16ClF6N3O. The van der Waals surface area contributed by atoms with E-state index in [1.807, 2.05) is 0 Å². The quantitative estimate of drug-likeness (QED) is 0.282. The molecule has 0 radical (unpaired) electrons. The van der Waals surface area contributed by atoms with Crippen LogP contribution in [0, 0.1) is 0 Å². The molecule has 36 heavy (non-hydrogen) atoms. The first-order valence-corrected chi connectivity index (χ1v) is 10.8. The maximum absolute atomic E-state index is 13.5. The molecule has 186 valence electrons. The number of carbonyl (C=O) groups is 1. The van der Waals surface area contributed by atoms with Gasteiger partial charge in [0, 0.05) is 17.3 Å². The molecule has 4 rings (SSSR count). The Morgan fingerprint density at radius 2 is 1.67 bits per heavy atom. The highest BCUT2D eigenvalue weighted by Crippen LogP contribution is 2.37. The Bertz CT molecular complexity index is 1410. The summed E-state index contributed by atoms with van der Waals surface area (Å²) < 4.78 is 80.8. The van der Waals surface area contributed by atoms with Crippen molar-refractivity contribution in [2.24, 2.45) is 0 Å². The Kier molecular flexibility index (Phi) is 6.81. The minimum Gasteiger partial charge on any atom is -0.347 e. The van der Waals surface area contributed by atoms with Crippen LogP contribution < -0.4 is 5.32 Å². The lowest BCUT2D eigenvalue weighted by molar-refractivity contribution is -0.138. The average Bonchev–Trinajstić information content (AvgIpc) is 3.32. The van der Waals surface area contributed by atoms with Gasteiger partial charge in [0.1, 0.15) is 5.69 Å². The molecule has 0 atom stereocenters. The molecule has 0 aliphatic rings. The van der Waals surface area contributed by atoms with Crippen molar-refractivity contribution in [2.45, 2.75) is 18.9 Å². The molecule has 0 aliphatic heterocycles. The SMILES string of the molecule is O=C(NCc1cc(C(F)(F)F)ccc1Cl)c1cncn1-c1cccc(-c2ccccc2C(F)(F)F)c1. The van der Waals surface area contributed by atoms with E-state index in [1.54, 1.807) is 12.1 Å². The molecule has 4 nitrogen and oxygen atoms in total. The number of nitrogens with zero attached hydrogens (tertiary/aromatic N) is 2. The summed E-state index contributed by atoms with van der Waals surface area (Å²) in [6, 6.07) is 14.0. The molecule has 1 amide bonds. The number of hydrogen-bond acceptors (Lipinski definition) is 2. The van der Waals surface area contributed by atoms with Gasteiger partial charge in [-0.25, -0.2) is 4.98 Å². The van der Waals surface area contributed by atoms with E-state index in [4.69, 9.17) is 11.6 Å². The van der Waals surface area contributed by atoms with Crippen molar-refractivity contribution < 1.29 is 31.1 Å². The van der Waals surface area contributed by atoms with Crippen molar-refractivity contribution in [3.05, 3.63) is 107 Å². The molecule has 0 spiro atoms. The van der Waals surface area contributed by atoms with Crippen molar-refractivity contribution in [1.82, 2.24) is 14.9 Å². The first kappa shape index (κ1) is 25.3. The van der Waals surface area contributed by atoms with E-state index >= 15 is 0 Å². The van der Waals surface area contributed by atoms with Gasteiger partial charge in [-0.2, -0.15) is 26.3 Å². The number of amides is 1. The second-order valence-corrected chi connectivity index (χ2v) is 8.14. The number of rotatable bonds is 5. The summed E-state index contributed by atoms with van der Waals surface area (Å²) in [5, 5.41) is 2.55. The largest absolute Gasteiger partial charge is 0.417 e. The number of imidazole rings is 1. The highest BCUT2D eigenvalue weighted by atomic mass is 35.5. The van der Waals surface area contributed by atoms with Gasteiger partial charge in [0.15, 0.2) is 0 Å². The van der Waals surface area contributed by atoms with Gasteiger partial charge >= 0.3 is 12.4 Å². The molecule has 0 saturated carbocycles. The summed E-state index contributed by atoms with van der Waals surface area (Å²) in [6.45, 7) is -0.286. The summed E-state index contributed by atoms with van der Waals surface area (Å²) in [7, 11) is 0. The van der Waals surface area contributed by atoms with Crippen LogP contribution in [0.25, 0.3) is 16.8 Å². The molecule has 0 unspecified atom stereocenters. The van der Waals surface area contributed by atoms with Crippen LogP contribution in [0.5, 0.6) is 0 Å². The van der Waals surface area contributed by atoms with Crippen LogP contribution in [0.3, 0.4) is 0 Å². The highest BCUT2D eigenvalue weighted by Gasteiger charge is 2.33. The fourth-order valence-electron chi connectivity index (χ4n) is 3.63. The molecule has 3 aromatic carbocycles. The zero-order valence-electron chi connectivity index (χ0n) is 18.2. The molecule has 0 saturated heterocycles. The fourth-order valence-corrected chi connectivity index (χ4v) is 3.81. The molecule has 1 N–H and O–H groups in total. The van der Waals surface area contributed by atoms with E-state index in [2.05, 4.69) is 10.3 Å². The maximum Gasteiger partial charge on any atom is 0.417 e. The normalized spacial score (nSPS) is 12.0. The van der Waals surface area contributed by atoms with Crippen LogP contribution in [-0.2, 0) is 18.9 Å². The molecule has 1 aromatic heterocycles. The van der Waals surface area contributed by atoms with Gasteiger partial charge in [-0.3, -0.25) is 9.36 Å². The monoisotopic (exact) mass is 523 g/mol. The highest BCUT2D eigenvalue weighted by molar-refractivity contribution is 6.31. The smallest absolute Gasteiger partial charge is 0.347 e. The number of aromatic nitrogens is 2. The Labute approximate surface area is 206 Å². The zero-order valence-corrected chi connectivity index (χ0v) is 18.9. The lowest BCUT2D eigenvalue weighted by Crippen LogP contribution is -2.25. The first-order valence-electron chi connectivity index (χ1n) is 10.4. The van der Waals surface area contributed by atoms with Gasteiger partial charge in [-0.15, -0.1) is 0 Å². The van der Waals surface area contributed by atoms with E-state index in [9.17, 15) is 31.1 Å². The third-order valence-electron chi connectivity index (χ3n) is 5.35. The summed E-state index contributed by atoms with van der Waals surface area (Å²) in [5.74, 6) is -0.665. The standard InChI is InChI=1S/C25H16ClF6N3O/c26-21-9-8-17(24(27,28)29)10-16(21)12-34-23(36)22-13-33-14-35(22)18-5-3-4-15(11-18)19-6-1-2-7-20(19)25(30,31)32/h1-11,13-14H,12H2,(H,34,36). The van der Waals surface area contributed by atoms with Gasteiger partial charge in [-0.1, -0.05) is 41.9 Å². The van der Waals surface area contributed by atoms with E-state index in [-0.39, 0.29) is 34.0 Å². The first-order chi connectivity index (χ1) is 16.9. The van der Waals surface area contributed by atoms with Gasteiger partial charge in [0.25, 0.3) is 5.91 Å². The number of nitrogens with one attached hydrogen (secondary N) is 1. The Hall–Kier alpha value is -3.79. The van der Waals surface area contributed by atoms with Crippen molar-refractivity contribution >= 4 is 17.5 Å². The van der Waals surface area contributed by atoms with Crippen LogP contribution in [0.15, 0.2) is 79.3 Å². The van der Waals surface area contributed by atoms with E-state index < -0.39 is 29.4 Å². The second kappa shape index (κ2) is 9.69. The predicted octanol–water partition coefficient (Wildman–Crippen LogP) is 7.16. The third-order valence-corrected chi connectivity index (χ3v) is 5.72. The molecular weight excluding hydrogens is 508 g/mol. The van der Waals surface area contributed by atoms with Crippen molar-refractivity contribution in [2.75, 3.05) is 0 Å². The van der Waals surface area contributed by atoms with Gasteiger partial charge in [-0.05, 0) is 53.1 Å². The minimum absolute atomic E-state index is 0.0272. The van der Waals surface area contributed by atoms with Crippen molar-refractivity contribution in [3.63, 3.8) is 0 Å². The lowest BCUT2D eigenvalue weighted by atomic mass is 9.99. The Morgan fingerprint density at radius 1 is 0.917 bits per heavy atom. The Balaban J connectivity index is 1.60. The number of alkyl halides is 6. The number of benzene rings is 3. The van der Waals surface area contributed by atoms with Crippen molar-refractivity contribution in [3.8, 4) is 16.8 Å². The third kappa shape index (κ3) is 5.38. The average molecular weight is 524 g/mol. The number of halogens is 7. The van der Waals surface area contributed by atoms with E-state index in [1.165, 1.54) is 47.4 Å². The summed E-state index contributed by atoms with van der Waals surface area (Å²) in [6.07, 6.45) is -6.59. The van der Waals surface area contributed by atoms with Gasteiger partial charge in [0.2, 0.25) is 0 Å². The topological polar surface area (TPSA) is 46.9 Å². The Morgan fingerprint density at radius 3 is 2.39 bits per heavy atom. The van der Waals surface area contributed by atoms with Crippen LogP contribution in [-0.4, -0.2) is 15.5 Å². The van der Waals surface area contributed by atoms with E-state index in [0.717, 1.165) is 24.3 Å². The number of hydrogen-bond donors (Lipinski definition) is 1. The van der Waals surface area contributed by atoms with Crippen LogP contribution in [0.2, 0.25) is 5.02 Å². The van der Waals surface area contributed by atoms with E-state index in [0.29, 0.717) is 5.69 Å². The van der Waals surface area contributed by atoms with Gasteiger partial charge < -0.3 is 5.32 Å². The molecule has 0 fully saturated rings. The minimum atomic E-state index is -4.57. The van der Waals surface area contributed by atoms with Crippen LogP contribution in [0.1, 0.15) is 27.2 Å².